The summed E-state index contributed by atoms with van der Waals surface area (Å²) in [7, 11) is 2.03. The molecular formula is C13H12N2. The monoisotopic (exact) mass is 196 g/mol. The van der Waals surface area contributed by atoms with Gasteiger partial charge in [-0.15, -0.1) is 0 Å². The number of hydrogen-bond acceptors (Lipinski definition) is 0. The minimum Gasteiger partial charge on any atom is -0.347 e. The van der Waals surface area contributed by atoms with Crippen LogP contribution in [0.2, 0.25) is 0 Å². The van der Waals surface area contributed by atoms with Gasteiger partial charge in [-0.3, -0.25) is 0 Å². The highest BCUT2D eigenvalue weighted by Gasteiger charge is 2.11. The lowest BCUT2D eigenvalue weighted by molar-refractivity contribution is -0.650. The van der Waals surface area contributed by atoms with Crippen molar-refractivity contribution < 1.29 is 4.57 Å². The van der Waals surface area contributed by atoms with Gasteiger partial charge in [0.25, 0.3) is 0 Å². The van der Waals surface area contributed by atoms with E-state index >= 15 is 0 Å². The van der Waals surface area contributed by atoms with Crippen LogP contribution in [0.4, 0.5) is 0 Å². The maximum Gasteiger partial charge on any atom is 0.205 e. The van der Waals surface area contributed by atoms with Crippen LogP contribution in [0.1, 0.15) is 6.04 Å². The Morgan fingerprint density at radius 3 is 2.73 bits per heavy atom. The fraction of sp³-hybridized carbons (Fsp3) is 0.154. The first-order valence-electron chi connectivity index (χ1n) is 5.09. The Hall–Kier alpha value is -1.83. The molecule has 74 valence electrons. The molecule has 15 heavy (non-hydrogen) atoms. The van der Waals surface area contributed by atoms with Crippen LogP contribution < -0.4 is 4.57 Å². The summed E-state index contributed by atoms with van der Waals surface area (Å²) in [5, 5.41) is 0. The predicted octanol–water partition coefficient (Wildman–Crippen LogP) is 1.93. The predicted molar refractivity (Wildman–Crippen MR) is 59.3 cm³/mol. The molecule has 2 nitrogen and oxygen atoms in total. The number of rotatable bonds is 1. The minimum atomic E-state index is 0.316. The summed E-state index contributed by atoms with van der Waals surface area (Å²) in [5.74, 6) is 0. The highest BCUT2D eigenvalue weighted by molar-refractivity contribution is 5.71. The van der Waals surface area contributed by atoms with E-state index in [0.29, 0.717) is 6.04 Å². The number of hydrogen-bond donors (Lipinski definition) is 0. The smallest absolute Gasteiger partial charge is 0.205 e. The summed E-state index contributed by atoms with van der Waals surface area (Å²) in [5.41, 5.74) is 2.44. The standard InChI is InChI=1S/C13H12N2/c1-14-10-15(11-6-2-3-7-11)13-9-5-4-8-12(13)14/h2-9,11H,1H3. The Kier molecular flexibility index (Phi) is 1.75. The summed E-state index contributed by atoms with van der Waals surface area (Å²) < 4.78 is 4.20. The van der Waals surface area contributed by atoms with Crippen molar-refractivity contribution in [2.75, 3.05) is 0 Å². The SMILES string of the molecule is C[n+]1[c-]n(C2C=CC=C2)c2ccccc21. The van der Waals surface area contributed by atoms with Gasteiger partial charge in [-0.1, -0.05) is 36.4 Å². The van der Waals surface area contributed by atoms with Crippen molar-refractivity contribution in [1.82, 2.24) is 4.57 Å². The van der Waals surface area contributed by atoms with Gasteiger partial charge < -0.3 is 9.13 Å². The number of para-hydroxylation sites is 2. The van der Waals surface area contributed by atoms with Crippen LogP contribution in [0.3, 0.4) is 0 Å². The molecule has 0 unspecified atom stereocenters. The van der Waals surface area contributed by atoms with E-state index < -0.39 is 0 Å². The Morgan fingerprint density at radius 1 is 1.20 bits per heavy atom. The lowest BCUT2D eigenvalue weighted by Gasteiger charge is -2.07. The highest BCUT2D eigenvalue weighted by Crippen LogP contribution is 2.20. The molecule has 2 aromatic rings. The van der Waals surface area contributed by atoms with Gasteiger partial charge >= 0.3 is 0 Å². The zero-order valence-corrected chi connectivity index (χ0v) is 8.59. The zero-order valence-electron chi connectivity index (χ0n) is 8.59. The van der Waals surface area contributed by atoms with Crippen molar-refractivity contribution in [3.8, 4) is 0 Å². The van der Waals surface area contributed by atoms with Crippen molar-refractivity contribution in [3.05, 3.63) is 54.9 Å². The van der Waals surface area contributed by atoms with Crippen LogP contribution in [0, 0.1) is 6.33 Å². The van der Waals surface area contributed by atoms with Gasteiger partial charge in [0.15, 0.2) is 0 Å². The summed E-state index contributed by atoms with van der Waals surface area (Å²) in [6.07, 6.45) is 11.8. The number of imidazole rings is 1. The number of allylic oxidation sites excluding steroid dienone is 4. The topological polar surface area (TPSA) is 8.81 Å². The molecule has 0 spiro atoms. The van der Waals surface area contributed by atoms with Crippen molar-refractivity contribution in [2.45, 2.75) is 6.04 Å². The molecule has 0 amide bonds. The lowest BCUT2D eigenvalue weighted by atomic mass is 10.2. The maximum absolute atomic E-state index is 3.33. The summed E-state index contributed by atoms with van der Waals surface area (Å²) in [6, 6.07) is 8.68. The first-order chi connectivity index (χ1) is 7.36. The van der Waals surface area contributed by atoms with Crippen LogP contribution in [0.25, 0.3) is 11.0 Å². The van der Waals surface area contributed by atoms with Gasteiger partial charge in [0, 0.05) is 11.0 Å². The molecular weight excluding hydrogens is 184 g/mol. The molecule has 0 saturated carbocycles. The molecule has 0 aliphatic heterocycles. The molecule has 1 heterocycles. The molecule has 2 heteroatoms. The van der Waals surface area contributed by atoms with E-state index in [1.807, 2.05) is 11.6 Å². The van der Waals surface area contributed by atoms with Gasteiger partial charge in [0.1, 0.15) is 6.04 Å². The Labute approximate surface area is 88.8 Å². The van der Waals surface area contributed by atoms with Crippen LogP contribution >= 0.6 is 0 Å². The first kappa shape index (κ1) is 8.48. The number of benzene rings is 1. The Bertz CT molecular complexity index is 549. The van der Waals surface area contributed by atoms with E-state index in [9.17, 15) is 0 Å². The number of aromatic nitrogens is 2. The van der Waals surface area contributed by atoms with Crippen molar-refractivity contribution >= 4 is 11.0 Å². The largest absolute Gasteiger partial charge is 0.347 e. The maximum atomic E-state index is 3.33. The average Bonchev–Trinajstić information content (AvgIpc) is 2.87. The highest BCUT2D eigenvalue weighted by atomic mass is 15.1. The Balaban J connectivity index is 2.27. The molecule has 0 bridgehead atoms. The van der Waals surface area contributed by atoms with Gasteiger partial charge in [-0.25, -0.2) is 0 Å². The van der Waals surface area contributed by atoms with E-state index in [0.717, 1.165) is 0 Å². The minimum absolute atomic E-state index is 0.316. The summed E-state index contributed by atoms with van der Waals surface area (Å²) >= 11 is 0. The molecule has 1 aromatic carbocycles. The van der Waals surface area contributed by atoms with Gasteiger partial charge in [0.2, 0.25) is 6.33 Å². The molecule has 0 radical (unpaired) electrons. The molecule has 0 fully saturated rings. The van der Waals surface area contributed by atoms with E-state index in [4.69, 9.17) is 0 Å². The molecule has 1 aliphatic carbocycles. The van der Waals surface area contributed by atoms with Crippen LogP contribution in [0.15, 0.2) is 48.6 Å². The fourth-order valence-electron chi connectivity index (χ4n) is 2.04. The number of aryl methyl sites for hydroxylation is 1. The third-order valence-electron chi connectivity index (χ3n) is 2.79. The summed E-state index contributed by atoms with van der Waals surface area (Å²) in [6.45, 7) is 0. The molecule has 3 rings (SSSR count). The third-order valence-corrected chi connectivity index (χ3v) is 2.79. The second-order valence-electron chi connectivity index (χ2n) is 3.78. The third kappa shape index (κ3) is 1.22. The van der Waals surface area contributed by atoms with Crippen LogP contribution in [0.5, 0.6) is 0 Å². The van der Waals surface area contributed by atoms with Crippen LogP contribution in [-0.2, 0) is 7.05 Å². The van der Waals surface area contributed by atoms with E-state index in [2.05, 4.69) is 59.5 Å². The molecule has 1 aromatic heterocycles. The fourth-order valence-corrected chi connectivity index (χ4v) is 2.04. The Morgan fingerprint density at radius 2 is 1.93 bits per heavy atom. The van der Waals surface area contributed by atoms with Gasteiger partial charge in [-0.05, 0) is 12.2 Å². The molecule has 1 aliphatic rings. The van der Waals surface area contributed by atoms with Gasteiger partial charge in [-0.2, -0.15) is 0 Å². The number of nitrogens with zero attached hydrogens (tertiary/aromatic N) is 2. The van der Waals surface area contributed by atoms with Crippen LogP contribution in [-0.4, -0.2) is 4.57 Å². The van der Waals surface area contributed by atoms with E-state index in [1.54, 1.807) is 0 Å². The first-order valence-corrected chi connectivity index (χ1v) is 5.09. The quantitative estimate of drug-likeness (QED) is 0.487. The second-order valence-corrected chi connectivity index (χ2v) is 3.78. The molecule has 0 saturated heterocycles. The average molecular weight is 196 g/mol. The lowest BCUT2D eigenvalue weighted by Crippen LogP contribution is -2.26. The van der Waals surface area contributed by atoms with Gasteiger partial charge in [0.05, 0.1) is 7.05 Å². The van der Waals surface area contributed by atoms with E-state index in [-0.39, 0.29) is 0 Å². The van der Waals surface area contributed by atoms with E-state index in [1.165, 1.54) is 11.0 Å². The second kappa shape index (κ2) is 3.09. The van der Waals surface area contributed by atoms with Crippen molar-refractivity contribution in [1.29, 1.82) is 0 Å². The normalized spacial score (nSPS) is 15.5. The summed E-state index contributed by atoms with van der Waals surface area (Å²) in [4.78, 5) is 0. The molecule has 0 atom stereocenters. The van der Waals surface area contributed by atoms with Crippen molar-refractivity contribution in [2.24, 2.45) is 7.05 Å². The van der Waals surface area contributed by atoms with Crippen molar-refractivity contribution in [3.63, 3.8) is 0 Å². The zero-order chi connectivity index (χ0) is 10.3. The molecule has 0 N–H and O–H groups in total. The number of fused-ring (bicyclic) bond motifs is 1.